The first-order valence-corrected chi connectivity index (χ1v) is 8.22. The van der Waals surface area contributed by atoms with Crippen LogP contribution in [0.15, 0.2) is 31.0 Å². The Balaban J connectivity index is 1.78. The van der Waals surface area contributed by atoms with E-state index in [9.17, 15) is 23.4 Å². The highest BCUT2D eigenvalue weighted by molar-refractivity contribution is 5.12. The van der Waals surface area contributed by atoms with Gasteiger partial charge in [-0.05, 0) is 6.92 Å². The molecule has 0 aromatic carbocycles. The predicted molar refractivity (Wildman–Crippen MR) is 85.3 cm³/mol. The number of hydrogen-bond donors (Lipinski definition) is 2. The highest BCUT2D eigenvalue weighted by atomic mass is 19.4. The topological polar surface area (TPSA) is 120 Å². The number of nitrogens with zero attached hydrogens (tertiary/aromatic N) is 4. The van der Waals surface area contributed by atoms with Gasteiger partial charge in [-0.2, -0.15) is 13.2 Å². The van der Waals surface area contributed by atoms with E-state index in [1.165, 1.54) is 25.5 Å². The standard InChI is InChI=1S/C16H17F3N4O5/c1-8-13(24)14(25)15(9(27-8)7-26-11-5-20-2-3-22-11)28-12-6-21-4-10(23-12)16(17,18)19/h2-6,8-9,13-15,24-25H,7H2,1H3/t8-,9-,13+,14+,15+/m1/s1. The normalized spacial score (nSPS) is 28.0. The lowest BCUT2D eigenvalue weighted by Crippen LogP contribution is -2.60. The fourth-order valence-electron chi connectivity index (χ4n) is 2.61. The fraction of sp³-hybridized carbons (Fsp3) is 0.500. The number of aliphatic hydroxyl groups is 2. The molecule has 9 nitrogen and oxygen atoms in total. The number of ether oxygens (including phenoxy) is 3. The summed E-state index contributed by atoms with van der Waals surface area (Å²) in [5.41, 5.74) is -1.25. The average Bonchev–Trinajstić information content (AvgIpc) is 2.67. The van der Waals surface area contributed by atoms with Crippen molar-refractivity contribution < 1.29 is 37.6 Å². The van der Waals surface area contributed by atoms with E-state index in [0.29, 0.717) is 6.20 Å². The third-order valence-corrected chi connectivity index (χ3v) is 4.02. The first-order chi connectivity index (χ1) is 13.3. The van der Waals surface area contributed by atoms with Crippen molar-refractivity contribution >= 4 is 0 Å². The first kappa shape index (κ1) is 20.2. The molecule has 3 rings (SSSR count). The van der Waals surface area contributed by atoms with Crippen LogP contribution >= 0.6 is 0 Å². The average molecular weight is 402 g/mol. The second-order valence-corrected chi connectivity index (χ2v) is 6.04. The molecule has 152 valence electrons. The summed E-state index contributed by atoms with van der Waals surface area (Å²) in [5.74, 6) is -0.300. The minimum Gasteiger partial charge on any atom is -0.474 e. The molecular weight excluding hydrogens is 385 g/mol. The maximum absolute atomic E-state index is 12.8. The van der Waals surface area contributed by atoms with E-state index in [0.717, 1.165) is 6.20 Å². The molecule has 28 heavy (non-hydrogen) atoms. The van der Waals surface area contributed by atoms with Crippen LogP contribution in [0.3, 0.4) is 0 Å². The van der Waals surface area contributed by atoms with Gasteiger partial charge in [0, 0.05) is 12.4 Å². The minimum atomic E-state index is -4.71. The van der Waals surface area contributed by atoms with Crippen LogP contribution < -0.4 is 9.47 Å². The number of rotatable bonds is 5. The van der Waals surface area contributed by atoms with Gasteiger partial charge in [0.05, 0.1) is 24.7 Å². The van der Waals surface area contributed by atoms with Crippen LogP contribution in [0, 0.1) is 0 Å². The Bertz CT molecular complexity index is 782. The van der Waals surface area contributed by atoms with Crippen LogP contribution in [0.1, 0.15) is 12.6 Å². The number of alkyl halides is 3. The maximum Gasteiger partial charge on any atom is 0.435 e. The van der Waals surface area contributed by atoms with Crippen molar-refractivity contribution in [2.75, 3.05) is 6.61 Å². The van der Waals surface area contributed by atoms with Gasteiger partial charge >= 0.3 is 6.18 Å². The zero-order valence-corrected chi connectivity index (χ0v) is 14.5. The van der Waals surface area contributed by atoms with E-state index >= 15 is 0 Å². The number of hydrogen-bond acceptors (Lipinski definition) is 9. The molecule has 1 fully saturated rings. The van der Waals surface area contributed by atoms with Gasteiger partial charge in [-0.1, -0.05) is 0 Å². The zero-order valence-electron chi connectivity index (χ0n) is 14.5. The molecule has 3 heterocycles. The second kappa shape index (κ2) is 8.20. The van der Waals surface area contributed by atoms with Gasteiger partial charge in [0.1, 0.15) is 24.9 Å². The fourth-order valence-corrected chi connectivity index (χ4v) is 2.61. The third-order valence-electron chi connectivity index (χ3n) is 4.02. The quantitative estimate of drug-likeness (QED) is 0.742. The second-order valence-electron chi connectivity index (χ2n) is 6.04. The molecule has 5 atom stereocenters. The van der Waals surface area contributed by atoms with E-state index < -0.39 is 48.3 Å². The van der Waals surface area contributed by atoms with Gasteiger partial charge in [0.2, 0.25) is 11.8 Å². The lowest BCUT2D eigenvalue weighted by Gasteiger charge is -2.41. The largest absolute Gasteiger partial charge is 0.474 e. The highest BCUT2D eigenvalue weighted by Crippen LogP contribution is 2.29. The van der Waals surface area contributed by atoms with Crippen molar-refractivity contribution in [3.63, 3.8) is 0 Å². The molecular formula is C16H17F3N4O5. The number of aliphatic hydroxyl groups excluding tert-OH is 2. The number of halogens is 3. The molecule has 0 unspecified atom stereocenters. The van der Waals surface area contributed by atoms with E-state index in [-0.39, 0.29) is 12.5 Å². The van der Waals surface area contributed by atoms with Gasteiger partial charge in [-0.25, -0.2) is 9.97 Å². The molecule has 0 aliphatic carbocycles. The highest BCUT2D eigenvalue weighted by Gasteiger charge is 2.45. The molecule has 0 amide bonds. The van der Waals surface area contributed by atoms with Gasteiger partial charge in [0.25, 0.3) is 0 Å². The minimum absolute atomic E-state index is 0.163. The Hall–Kier alpha value is -2.57. The van der Waals surface area contributed by atoms with Gasteiger partial charge < -0.3 is 24.4 Å². The Morgan fingerprint density at radius 3 is 2.50 bits per heavy atom. The third kappa shape index (κ3) is 4.64. The van der Waals surface area contributed by atoms with Gasteiger partial charge in [-0.15, -0.1) is 0 Å². The van der Waals surface area contributed by atoms with E-state index in [2.05, 4.69) is 19.9 Å². The zero-order chi connectivity index (χ0) is 20.3. The van der Waals surface area contributed by atoms with Crippen molar-refractivity contribution in [1.29, 1.82) is 0 Å². The molecule has 12 heteroatoms. The van der Waals surface area contributed by atoms with E-state index in [4.69, 9.17) is 14.2 Å². The monoisotopic (exact) mass is 402 g/mol. The molecule has 0 spiro atoms. The summed E-state index contributed by atoms with van der Waals surface area (Å²) >= 11 is 0. The van der Waals surface area contributed by atoms with Crippen LogP contribution in [0.4, 0.5) is 13.2 Å². The molecule has 0 saturated carbocycles. The maximum atomic E-state index is 12.8. The molecule has 1 saturated heterocycles. The summed E-state index contributed by atoms with van der Waals surface area (Å²) in [6.07, 6.45) is -4.74. The van der Waals surface area contributed by atoms with Crippen molar-refractivity contribution in [1.82, 2.24) is 19.9 Å². The van der Waals surface area contributed by atoms with Crippen LogP contribution in [0.25, 0.3) is 0 Å². The Labute approximate surface area is 157 Å². The van der Waals surface area contributed by atoms with Crippen LogP contribution in [-0.2, 0) is 10.9 Å². The lowest BCUT2D eigenvalue weighted by molar-refractivity contribution is -0.216. The molecule has 1 aliphatic rings. The van der Waals surface area contributed by atoms with E-state index in [1.807, 2.05) is 0 Å². The SMILES string of the molecule is C[C@H]1O[C@H](COc2cnccn2)[C@H](Oc2cncc(C(F)(F)F)n2)[C@@H](O)[C@H]1O. The smallest absolute Gasteiger partial charge is 0.435 e. The molecule has 2 N–H and O–H groups in total. The molecule has 1 aliphatic heterocycles. The predicted octanol–water partition coefficient (Wildman–Crippen LogP) is 0.621. The van der Waals surface area contributed by atoms with Crippen molar-refractivity contribution in [2.45, 2.75) is 43.6 Å². The lowest BCUT2D eigenvalue weighted by atomic mass is 9.96. The Kier molecular flexibility index (Phi) is 5.91. The summed E-state index contributed by atoms with van der Waals surface area (Å²) < 4.78 is 54.9. The van der Waals surface area contributed by atoms with Crippen LogP contribution in [0.5, 0.6) is 11.8 Å². The molecule has 2 aromatic heterocycles. The number of aromatic nitrogens is 4. The van der Waals surface area contributed by atoms with E-state index in [1.54, 1.807) is 0 Å². The Morgan fingerprint density at radius 1 is 1.07 bits per heavy atom. The summed E-state index contributed by atoms with van der Waals surface area (Å²) in [7, 11) is 0. The van der Waals surface area contributed by atoms with Crippen LogP contribution in [-0.4, -0.2) is 67.3 Å². The van der Waals surface area contributed by atoms with Gasteiger partial charge in [0.15, 0.2) is 11.8 Å². The Morgan fingerprint density at radius 2 is 1.82 bits per heavy atom. The van der Waals surface area contributed by atoms with Crippen molar-refractivity contribution in [2.24, 2.45) is 0 Å². The molecule has 0 bridgehead atoms. The first-order valence-electron chi connectivity index (χ1n) is 8.22. The summed E-state index contributed by atoms with van der Waals surface area (Å²) in [6.45, 7) is 1.37. The summed E-state index contributed by atoms with van der Waals surface area (Å²) in [6, 6.07) is 0. The molecule has 0 radical (unpaired) electrons. The molecule has 2 aromatic rings. The van der Waals surface area contributed by atoms with Crippen LogP contribution in [0.2, 0.25) is 0 Å². The van der Waals surface area contributed by atoms with Crippen molar-refractivity contribution in [3.8, 4) is 11.8 Å². The summed E-state index contributed by atoms with van der Waals surface area (Å²) in [5, 5.41) is 20.4. The van der Waals surface area contributed by atoms with Gasteiger partial charge in [-0.3, -0.25) is 9.97 Å². The van der Waals surface area contributed by atoms with Crippen molar-refractivity contribution in [3.05, 3.63) is 36.7 Å². The summed E-state index contributed by atoms with van der Waals surface area (Å²) in [4.78, 5) is 14.6.